The topological polar surface area (TPSA) is 55.7 Å². The molecule has 34 heavy (non-hydrogen) atoms. The predicted octanol–water partition coefficient (Wildman–Crippen LogP) is 5.47. The summed E-state index contributed by atoms with van der Waals surface area (Å²) < 4.78 is 13.3. The van der Waals surface area contributed by atoms with Crippen molar-refractivity contribution in [1.82, 2.24) is 14.8 Å². The molecule has 5 rings (SSSR count). The molecule has 0 saturated carbocycles. The van der Waals surface area contributed by atoms with Crippen LogP contribution in [-0.4, -0.2) is 42.4 Å². The molecule has 1 N–H and O–H groups in total. The molecule has 0 unspecified atom stereocenters. The van der Waals surface area contributed by atoms with E-state index in [9.17, 15) is 4.79 Å². The summed E-state index contributed by atoms with van der Waals surface area (Å²) in [4.78, 5) is 17.2. The lowest BCUT2D eigenvalue weighted by Gasteiger charge is -2.31. The Hall–Kier alpha value is -2.77. The normalized spacial score (nSPS) is 16.9. The molecule has 7 heteroatoms. The number of amides is 2. The Kier molecular flexibility index (Phi) is 6.92. The van der Waals surface area contributed by atoms with Crippen LogP contribution < -0.4 is 10.1 Å². The zero-order chi connectivity index (χ0) is 23.5. The number of nitrogens with zero attached hydrogens (tertiary/aromatic N) is 2. The minimum Gasteiger partial charge on any atom is -0.497 e. The fraction of sp³-hybridized carbons (Fsp3) is 0.444. The fourth-order valence-electron chi connectivity index (χ4n) is 5.16. The standard InChI is InChI=1S/C27H33N3O3S/c1-3-33-16-8-14-28-27(31)30-18-22-21-11-4-5-13-24(21)34-26(22)29-15-7-12-23(29)25(30)19-9-6-10-20(17-19)32-2/h6-7,9-10,12,15,17,25H,3-5,8,11,13-14,16,18H2,1-2H3,(H,28,31)/t25-/m1/s1. The second-order valence-electron chi connectivity index (χ2n) is 8.89. The van der Waals surface area contributed by atoms with E-state index in [1.54, 1.807) is 7.11 Å². The maximum Gasteiger partial charge on any atom is 0.318 e. The smallest absolute Gasteiger partial charge is 0.318 e. The van der Waals surface area contributed by atoms with Gasteiger partial charge < -0.3 is 24.3 Å². The van der Waals surface area contributed by atoms with Gasteiger partial charge in [0.2, 0.25) is 0 Å². The first-order valence-corrected chi connectivity index (χ1v) is 13.1. The van der Waals surface area contributed by atoms with Crippen molar-refractivity contribution in [2.45, 2.75) is 51.6 Å². The number of thiophene rings is 1. The van der Waals surface area contributed by atoms with Gasteiger partial charge in [-0.25, -0.2) is 4.79 Å². The summed E-state index contributed by atoms with van der Waals surface area (Å²) in [5.74, 6) is 0.795. The molecule has 6 nitrogen and oxygen atoms in total. The molecule has 1 atom stereocenters. The number of hydrogen-bond donors (Lipinski definition) is 1. The SMILES string of the molecule is CCOCCCNC(=O)N1Cc2c(sc3c2CCCC3)-n2cccc2[C@H]1c1cccc(OC)c1. The number of carbonyl (C=O) groups is 1. The summed E-state index contributed by atoms with van der Waals surface area (Å²) in [5, 5.41) is 4.43. The van der Waals surface area contributed by atoms with Crippen LogP contribution in [0.4, 0.5) is 4.79 Å². The molecular weight excluding hydrogens is 446 g/mol. The molecule has 1 aliphatic heterocycles. The first-order chi connectivity index (χ1) is 16.7. The number of aryl methyl sites for hydroxylation is 1. The zero-order valence-corrected chi connectivity index (χ0v) is 20.8. The number of rotatable bonds is 7. The second kappa shape index (κ2) is 10.2. The highest BCUT2D eigenvalue weighted by Gasteiger charge is 2.36. The predicted molar refractivity (Wildman–Crippen MR) is 135 cm³/mol. The van der Waals surface area contributed by atoms with Gasteiger partial charge in [-0.15, -0.1) is 11.3 Å². The van der Waals surface area contributed by atoms with E-state index >= 15 is 0 Å². The van der Waals surface area contributed by atoms with E-state index in [1.165, 1.54) is 33.8 Å². The number of benzene rings is 1. The van der Waals surface area contributed by atoms with Crippen LogP contribution in [0, 0.1) is 0 Å². The number of hydrogen-bond acceptors (Lipinski definition) is 4. The van der Waals surface area contributed by atoms with E-state index < -0.39 is 0 Å². The van der Waals surface area contributed by atoms with Crippen LogP contribution in [0.1, 0.15) is 59.5 Å². The van der Waals surface area contributed by atoms with Crippen LogP contribution >= 0.6 is 11.3 Å². The summed E-state index contributed by atoms with van der Waals surface area (Å²) in [6, 6.07) is 12.1. The average Bonchev–Trinajstić information content (AvgIpc) is 3.45. The first kappa shape index (κ1) is 23.0. The number of carbonyl (C=O) groups excluding carboxylic acids is 1. The van der Waals surface area contributed by atoms with Gasteiger partial charge in [-0.05, 0) is 74.4 Å². The van der Waals surface area contributed by atoms with E-state index in [0.717, 1.165) is 36.3 Å². The van der Waals surface area contributed by atoms with Crippen LogP contribution in [0.25, 0.3) is 5.00 Å². The molecule has 1 aliphatic carbocycles. The Morgan fingerprint density at radius 2 is 2.06 bits per heavy atom. The van der Waals surface area contributed by atoms with Crippen LogP contribution in [0.5, 0.6) is 5.75 Å². The molecular formula is C27H33N3O3S. The van der Waals surface area contributed by atoms with Gasteiger partial charge >= 0.3 is 6.03 Å². The Labute approximate surface area is 205 Å². The van der Waals surface area contributed by atoms with Crippen molar-refractivity contribution >= 4 is 17.4 Å². The van der Waals surface area contributed by atoms with Gasteiger partial charge in [-0.3, -0.25) is 0 Å². The summed E-state index contributed by atoms with van der Waals surface area (Å²) in [6.07, 6.45) is 7.66. The number of aromatic nitrogens is 1. The molecule has 3 heterocycles. The molecule has 0 fully saturated rings. The number of fused-ring (bicyclic) bond motifs is 5. The largest absolute Gasteiger partial charge is 0.497 e. The molecule has 1 aromatic carbocycles. The van der Waals surface area contributed by atoms with Crippen molar-refractivity contribution in [1.29, 1.82) is 0 Å². The average molecular weight is 480 g/mol. The molecule has 2 aliphatic rings. The molecule has 2 aromatic heterocycles. The molecule has 0 bridgehead atoms. The Balaban J connectivity index is 1.56. The van der Waals surface area contributed by atoms with Gasteiger partial charge in [0, 0.05) is 36.4 Å². The van der Waals surface area contributed by atoms with Crippen LogP contribution in [-0.2, 0) is 24.1 Å². The maximum atomic E-state index is 13.7. The van der Waals surface area contributed by atoms with E-state index in [0.29, 0.717) is 26.3 Å². The Morgan fingerprint density at radius 1 is 1.18 bits per heavy atom. The lowest BCUT2D eigenvalue weighted by atomic mass is 9.95. The van der Waals surface area contributed by atoms with Gasteiger partial charge in [0.1, 0.15) is 10.8 Å². The van der Waals surface area contributed by atoms with Crippen molar-refractivity contribution in [3.05, 3.63) is 69.9 Å². The highest BCUT2D eigenvalue weighted by Crippen LogP contribution is 2.44. The Morgan fingerprint density at radius 3 is 2.91 bits per heavy atom. The third kappa shape index (κ3) is 4.34. The van der Waals surface area contributed by atoms with Crippen LogP contribution in [0.3, 0.4) is 0 Å². The number of urea groups is 1. The third-order valence-electron chi connectivity index (χ3n) is 6.80. The maximum absolute atomic E-state index is 13.7. The fourth-order valence-corrected chi connectivity index (χ4v) is 6.57. The van der Waals surface area contributed by atoms with E-state index in [4.69, 9.17) is 9.47 Å². The minimum absolute atomic E-state index is 0.0410. The highest BCUT2D eigenvalue weighted by atomic mass is 32.1. The van der Waals surface area contributed by atoms with Gasteiger partial charge in [0.25, 0.3) is 0 Å². The Bertz CT molecular complexity index is 1150. The highest BCUT2D eigenvalue weighted by molar-refractivity contribution is 7.15. The van der Waals surface area contributed by atoms with Crippen molar-refractivity contribution in [3.8, 4) is 10.8 Å². The zero-order valence-electron chi connectivity index (χ0n) is 20.0. The van der Waals surface area contributed by atoms with Gasteiger partial charge in [0.15, 0.2) is 0 Å². The summed E-state index contributed by atoms with van der Waals surface area (Å²) in [7, 11) is 1.68. The van der Waals surface area contributed by atoms with E-state index in [-0.39, 0.29) is 12.1 Å². The lowest BCUT2D eigenvalue weighted by Crippen LogP contribution is -2.42. The van der Waals surface area contributed by atoms with Crippen LogP contribution in [0.15, 0.2) is 42.6 Å². The third-order valence-corrected chi connectivity index (χ3v) is 8.13. The lowest BCUT2D eigenvalue weighted by molar-refractivity contribution is 0.143. The number of ether oxygens (including phenoxy) is 2. The molecule has 0 radical (unpaired) electrons. The summed E-state index contributed by atoms with van der Waals surface area (Å²) in [5.41, 5.74) is 4.93. The first-order valence-electron chi connectivity index (χ1n) is 12.3. The van der Waals surface area contributed by atoms with E-state index in [2.05, 4.69) is 34.3 Å². The van der Waals surface area contributed by atoms with Gasteiger partial charge in [-0.1, -0.05) is 12.1 Å². The number of nitrogens with one attached hydrogen (secondary N) is 1. The molecule has 0 spiro atoms. The van der Waals surface area contributed by atoms with Crippen LogP contribution in [0.2, 0.25) is 0 Å². The second-order valence-corrected chi connectivity index (χ2v) is 9.97. The molecule has 180 valence electrons. The van der Waals surface area contributed by atoms with Crippen molar-refractivity contribution in [3.63, 3.8) is 0 Å². The van der Waals surface area contributed by atoms with E-state index in [1.807, 2.05) is 41.4 Å². The number of methoxy groups -OCH3 is 1. The summed E-state index contributed by atoms with van der Waals surface area (Å²) >= 11 is 1.91. The van der Waals surface area contributed by atoms with Gasteiger partial charge in [0.05, 0.1) is 25.4 Å². The van der Waals surface area contributed by atoms with Crippen molar-refractivity contribution in [2.24, 2.45) is 0 Å². The quantitative estimate of drug-likeness (QED) is 0.458. The molecule has 3 aromatic rings. The van der Waals surface area contributed by atoms with Crippen molar-refractivity contribution in [2.75, 3.05) is 26.9 Å². The monoisotopic (exact) mass is 479 g/mol. The molecule has 2 amide bonds. The van der Waals surface area contributed by atoms with Gasteiger partial charge in [-0.2, -0.15) is 0 Å². The minimum atomic E-state index is -0.212. The van der Waals surface area contributed by atoms with Crippen molar-refractivity contribution < 1.29 is 14.3 Å². The summed E-state index contributed by atoms with van der Waals surface area (Å²) in [6.45, 7) is 4.53. The molecule has 0 saturated heterocycles.